The Balaban J connectivity index is 1.23. The third kappa shape index (κ3) is 3.93. The fourth-order valence-electron chi connectivity index (χ4n) is 3.80. The van der Waals surface area contributed by atoms with E-state index in [9.17, 15) is 9.90 Å². The van der Waals surface area contributed by atoms with E-state index < -0.39 is 0 Å². The third-order valence-corrected chi connectivity index (χ3v) is 7.28. The van der Waals surface area contributed by atoms with Crippen molar-refractivity contribution < 1.29 is 9.84 Å². The van der Waals surface area contributed by atoms with Gasteiger partial charge in [-0.15, -0.1) is 0 Å². The van der Waals surface area contributed by atoms with E-state index in [2.05, 4.69) is 28.1 Å². The molecule has 0 saturated carbocycles. The molecule has 1 aliphatic heterocycles. The smallest absolute Gasteiger partial charge is 0.307 e. The average molecular weight is 440 g/mol. The van der Waals surface area contributed by atoms with Gasteiger partial charge in [0.05, 0.1) is 21.1 Å². The van der Waals surface area contributed by atoms with Gasteiger partial charge in [-0.3, -0.25) is 9.78 Å². The molecule has 4 aromatic rings. The van der Waals surface area contributed by atoms with Crippen molar-refractivity contribution in [3.63, 3.8) is 0 Å². The van der Waals surface area contributed by atoms with Crippen molar-refractivity contribution in [2.45, 2.75) is 25.3 Å². The highest BCUT2D eigenvalue weighted by molar-refractivity contribution is 7.22. The summed E-state index contributed by atoms with van der Waals surface area (Å²) in [6.07, 6.45) is 2.76. The molecule has 0 radical (unpaired) electrons. The maximum atomic E-state index is 11.3. The van der Waals surface area contributed by atoms with Gasteiger partial charge in [0, 0.05) is 13.0 Å². The van der Waals surface area contributed by atoms with Gasteiger partial charge in [0.15, 0.2) is 5.13 Å². The molecule has 0 aliphatic carbocycles. The molecule has 1 aliphatic rings. The van der Waals surface area contributed by atoms with Crippen LogP contribution in [-0.4, -0.2) is 34.3 Å². The molecule has 6 nitrogen and oxygen atoms in total. The Hall–Kier alpha value is -2.84. The van der Waals surface area contributed by atoms with Gasteiger partial charge in [-0.05, 0) is 42.7 Å². The second-order valence-electron chi connectivity index (χ2n) is 7.37. The number of rotatable bonds is 6. The minimum atomic E-state index is -0.239. The fraction of sp³-hybridized carbons (Fsp3) is 0.273. The zero-order chi connectivity index (χ0) is 20.5. The molecule has 3 heterocycles. The number of ether oxygens (including phenoxy) is 1. The molecule has 1 atom stereocenters. The molecule has 0 spiro atoms. The maximum absolute atomic E-state index is 11.3. The first kappa shape index (κ1) is 19.1. The van der Waals surface area contributed by atoms with Crippen LogP contribution in [0.25, 0.3) is 10.2 Å². The van der Waals surface area contributed by atoms with Crippen molar-refractivity contribution in [2.24, 2.45) is 0 Å². The summed E-state index contributed by atoms with van der Waals surface area (Å²) in [5, 5.41) is 10.8. The molecule has 30 heavy (non-hydrogen) atoms. The van der Waals surface area contributed by atoms with Crippen LogP contribution in [-0.2, 0) is 6.42 Å². The van der Waals surface area contributed by atoms with E-state index in [0.29, 0.717) is 23.9 Å². The van der Waals surface area contributed by atoms with E-state index >= 15 is 0 Å². The van der Waals surface area contributed by atoms with Gasteiger partial charge in [-0.1, -0.05) is 46.9 Å². The van der Waals surface area contributed by atoms with E-state index in [4.69, 9.17) is 9.72 Å². The molecule has 5 rings (SSSR count). The molecular weight excluding hydrogens is 418 g/mol. The zero-order valence-corrected chi connectivity index (χ0v) is 17.8. The minimum Gasteiger partial charge on any atom is -0.494 e. The van der Waals surface area contributed by atoms with Gasteiger partial charge in [-0.25, -0.2) is 4.98 Å². The Bertz CT molecular complexity index is 1180. The topological polar surface area (TPSA) is 78.5 Å². The highest BCUT2D eigenvalue weighted by Gasteiger charge is 2.27. The number of hydrogen-bond donors (Lipinski definition) is 2. The molecule has 2 aromatic carbocycles. The minimum absolute atomic E-state index is 0.0403. The highest BCUT2D eigenvalue weighted by Crippen LogP contribution is 2.33. The number of aromatic hydroxyl groups is 1. The van der Waals surface area contributed by atoms with Gasteiger partial charge in [0.1, 0.15) is 12.4 Å². The summed E-state index contributed by atoms with van der Waals surface area (Å²) in [5.74, 6) is 0.780. The largest absolute Gasteiger partial charge is 0.494 e. The van der Waals surface area contributed by atoms with Crippen molar-refractivity contribution in [2.75, 3.05) is 18.1 Å². The van der Waals surface area contributed by atoms with E-state index in [0.717, 1.165) is 52.7 Å². The molecule has 1 saturated heterocycles. The van der Waals surface area contributed by atoms with Crippen LogP contribution in [0.15, 0.2) is 53.3 Å². The van der Waals surface area contributed by atoms with Crippen molar-refractivity contribution in [1.29, 1.82) is 0 Å². The number of aromatic nitrogens is 2. The average Bonchev–Trinajstić information content (AvgIpc) is 3.45. The number of hydrogen-bond acceptors (Lipinski definition) is 7. The van der Waals surface area contributed by atoms with E-state index in [-0.39, 0.29) is 10.8 Å². The predicted octanol–water partition coefficient (Wildman–Crippen LogP) is 4.39. The Morgan fingerprint density at radius 3 is 2.77 bits per heavy atom. The second-order valence-corrected chi connectivity index (χ2v) is 9.45. The lowest BCUT2D eigenvalue weighted by molar-refractivity contribution is 0.288. The number of benzene rings is 2. The lowest BCUT2D eigenvalue weighted by Crippen LogP contribution is -2.34. The molecule has 0 unspecified atom stereocenters. The number of anilines is 1. The quantitative estimate of drug-likeness (QED) is 0.466. The van der Waals surface area contributed by atoms with Crippen LogP contribution in [0.2, 0.25) is 0 Å². The summed E-state index contributed by atoms with van der Waals surface area (Å²) < 4.78 is 7.30. The number of para-hydroxylation sites is 1. The van der Waals surface area contributed by atoms with Gasteiger partial charge in [-0.2, -0.15) is 0 Å². The van der Waals surface area contributed by atoms with Gasteiger partial charge >= 0.3 is 4.87 Å². The normalized spacial score (nSPS) is 16.4. The monoisotopic (exact) mass is 439 g/mol. The molecule has 154 valence electrons. The number of nitrogens with one attached hydrogen (secondary N) is 1. The Kier molecular flexibility index (Phi) is 5.18. The lowest BCUT2D eigenvalue weighted by atomic mass is 10.1. The van der Waals surface area contributed by atoms with Crippen LogP contribution in [0.3, 0.4) is 0 Å². The van der Waals surface area contributed by atoms with Crippen LogP contribution < -0.4 is 14.5 Å². The number of aromatic amines is 1. The Morgan fingerprint density at radius 2 is 2.00 bits per heavy atom. The van der Waals surface area contributed by atoms with Crippen LogP contribution in [0, 0.1) is 0 Å². The first-order valence-electron chi connectivity index (χ1n) is 9.90. The third-order valence-electron chi connectivity index (χ3n) is 5.34. The number of H-pyrrole nitrogens is 1. The first-order chi connectivity index (χ1) is 14.7. The summed E-state index contributed by atoms with van der Waals surface area (Å²) >= 11 is 2.78. The van der Waals surface area contributed by atoms with Gasteiger partial charge in [0.2, 0.25) is 5.88 Å². The highest BCUT2D eigenvalue weighted by atomic mass is 32.1. The van der Waals surface area contributed by atoms with Crippen molar-refractivity contribution >= 4 is 38.0 Å². The van der Waals surface area contributed by atoms with Gasteiger partial charge in [0.25, 0.3) is 0 Å². The SMILES string of the molecule is O=c1[nH]c(O)c(Cc2ccc(OC[C@H]3CCCN3c3nc4ccccc4s3)cc2)s1. The lowest BCUT2D eigenvalue weighted by Gasteiger charge is -2.24. The molecular formula is C22H21N3O3S2. The summed E-state index contributed by atoms with van der Waals surface area (Å²) in [5.41, 5.74) is 2.07. The molecule has 2 aromatic heterocycles. The van der Waals surface area contributed by atoms with Crippen LogP contribution in [0.5, 0.6) is 11.6 Å². The summed E-state index contributed by atoms with van der Waals surface area (Å²) in [4.78, 5) is 21.3. The van der Waals surface area contributed by atoms with Crippen LogP contribution in [0.4, 0.5) is 5.13 Å². The molecule has 2 N–H and O–H groups in total. The van der Waals surface area contributed by atoms with E-state index in [1.165, 1.54) is 4.70 Å². The van der Waals surface area contributed by atoms with E-state index in [1.54, 1.807) is 11.3 Å². The number of fused-ring (bicyclic) bond motifs is 1. The molecule has 8 heteroatoms. The maximum Gasteiger partial charge on any atom is 0.307 e. The van der Waals surface area contributed by atoms with Crippen molar-refractivity contribution in [3.05, 3.63) is 68.6 Å². The zero-order valence-electron chi connectivity index (χ0n) is 16.2. The Labute approximate surface area is 181 Å². The second kappa shape index (κ2) is 8.12. The number of thiazole rings is 2. The standard InChI is InChI=1S/C22H21N3O3S2/c26-20-19(30-22(27)24-20)12-14-7-9-16(10-8-14)28-13-15-4-3-11-25(15)21-23-17-5-1-2-6-18(17)29-21/h1-2,5-10,15,26H,3-4,11-13H2,(H,24,27)/t15-/m1/s1. The summed E-state index contributed by atoms with van der Waals surface area (Å²) in [7, 11) is 0. The molecule has 1 fully saturated rings. The van der Waals surface area contributed by atoms with Crippen molar-refractivity contribution in [3.8, 4) is 11.6 Å². The first-order valence-corrected chi connectivity index (χ1v) is 11.5. The van der Waals surface area contributed by atoms with Gasteiger partial charge < -0.3 is 14.7 Å². The molecule has 0 bridgehead atoms. The Morgan fingerprint density at radius 1 is 1.17 bits per heavy atom. The number of nitrogens with zero attached hydrogens (tertiary/aromatic N) is 2. The summed E-state index contributed by atoms with van der Waals surface area (Å²) in [6, 6.07) is 16.4. The van der Waals surface area contributed by atoms with Crippen LogP contribution >= 0.6 is 22.7 Å². The van der Waals surface area contributed by atoms with Crippen LogP contribution in [0.1, 0.15) is 23.3 Å². The molecule has 0 amide bonds. The predicted molar refractivity (Wildman–Crippen MR) is 121 cm³/mol. The van der Waals surface area contributed by atoms with Crippen molar-refractivity contribution in [1.82, 2.24) is 9.97 Å². The summed E-state index contributed by atoms with van der Waals surface area (Å²) in [6.45, 7) is 1.63. The fourth-order valence-corrected chi connectivity index (χ4v) is 5.62. The van der Waals surface area contributed by atoms with E-state index in [1.807, 2.05) is 30.3 Å².